The molecule has 5 heteroatoms. The number of hydrogen-bond acceptors (Lipinski definition) is 2. The Bertz CT molecular complexity index is 447. The number of hydrogen-bond donors (Lipinski definition) is 1. The molecule has 0 aromatic heterocycles. The number of aliphatic hydroxyl groups is 1. The summed E-state index contributed by atoms with van der Waals surface area (Å²) < 4.78 is 20.0. The van der Waals surface area contributed by atoms with Crippen molar-refractivity contribution in [3.8, 4) is 0 Å². The first-order valence-corrected chi connectivity index (χ1v) is 7.05. The second kappa shape index (κ2) is 5.45. The largest absolute Gasteiger partial charge is 0.385 e. The van der Waals surface area contributed by atoms with E-state index in [9.17, 15) is 9.50 Å². The number of halogens is 3. The maximum atomic E-state index is 14.1. The first kappa shape index (κ1) is 14.3. The van der Waals surface area contributed by atoms with Crippen molar-refractivity contribution in [2.75, 3.05) is 7.11 Å². The summed E-state index contributed by atoms with van der Waals surface area (Å²) in [6, 6.07) is 3.19. The molecule has 1 unspecified atom stereocenters. The van der Waals surface area contributed by atoms with Crippen LogP contribution in [0.15, 0.2) is 16.6 Å². The lowest BCUT2D eigenvalue weighted by molar-refractivity contribution is -0.101. The Hall–Kier alpha value is -0.160. The van der Waals surface area contributed by atoms with Crippen molar-refractivity contribution in [1.82, 2.24) is 0 Å². The predicted octanol–water partition coefficient (Wildman–Crippen LogP) is 4.23. The van der Waals surface area contributed by atoms with Crippen molar-refractivity contribution >= 4 is 27.5 Å². The molecule has 1 aromatic carbocycles. The van der Waals surface area contributed by atoms with Gasteiger partial charge in [-0.25, -0.2) is 4.39 Å². The standard InChI is InChI=1S/C13H15BrClFO2/c1-18-13(6-2-3-7-13)12(17)8-4-5-9(14)10(15)11(8)16/h4-5,12,17H,2-3,6-7H2,1H3. The SMILES string of the molecule is COC1(C(O)c2ccc(Br)c(Cl)c2F)CCCC1. The van der Waals surface area contributed by atoms with Gasteiger partial charge in [0.25, 0.3) is 0 Å². The molecule has 18 heavy (non-hydrogen) atoms. The molecule has 0 aliphatic heterocycles. The van der Waals surface area contributed by atoms with Crippen LogP contribution in [0.4, 0.5) is 4.39 Å². The fraction of sp³-hybridized carbons (Fsp3) is 0.538. The molecule has 1 N–H and O–H groups in total. The maximum Gasteiger partial charge on any atom is 0.148 e. The van der Waals surface area contributed by atoms with Crippen LogP contribution in [0.3, 0.4) is 0 Å². The Morgan fingerprint density at radius 3 is 2.61 bits per heavy atom. The molecular formula is C13H15BrClFO2. The molecule has 2 nitrogen and oxygen atoms in total. The van der Waals surface area contributed by atoms with E-state index in [1.54, 1.807) is 19.2 Å². The van der Waals surface area contributed by atoms with Gasteiger partial charge in [-0.2, -0.15) is 0 Å². The van der Waals surface area contributed by atoms with Gasteiger partial charge in [-0.05, 0) is 34.8 Å². The van der Waals surface area contributed by atoms with Gasteiger partial charge in [0.15, 0.2) is 0 Å². The Morgan fingerprint density at radius 2 is 2.06 bits per heavy atom. The number of benzene rings is 1. The molecule has 0 spiro atoms. The van der Waals surface area contributed by atoms with Crippen LogP contribution in [0, 0.1) is 5.82 Å². The second-order valence-corrected chi connectivity index (χ2v) is 5.88. The van der Waals surface area contributed by atoms with E-state index >= 15 is 0 Å². The lowest BCUT2D eigenvalue weighted by atomic mass is 9.89. The van der Waals surface area contributed by atoms with Gasteiger partial charge in [0.1, 0.15) is 11.9 Å². The minimum atomic E-state index is -0.990. The van der Waals surface area contributed by atoms with Crippen LogP contribution in [-0.2, 0) is 4.74 Å². The maximum absolute atomic E-state index is 14.1. The predicted molar refractivity (Wildman–Crippen MR) is 72.3 cm³/mol. The molecule has 2 rings (SSSR count). The van der Waals surface area contributed by atoms with Crippen molar-refractivity contribution in [1.29, 1.82) is 0 Å². The highest BCUT2D eigenvalue weighted by atomic mass is 79.9. The lowest BCUT2D eigenvalue weighted by Gasteiger charge is -2.33. The summed E-state index contributed by atoms with van der Waals surface area (Å²) >= 11 is 9.01. The van der Waals surface area contributed by atoms with Gasteiger partial charge in [-0.1, -0.05) is 30.5 Å². The third-order valence-electron chi connectivity index (χ3n) is 3.71. The number of aliphatic hydroxyl groups excluding tert-OH is 1. The van der Waals surface area contributed by atoms with Crippen LogP contribution in [0.2, 0.25) is 5.02 Å². The van der Waals surface area contributed by atoms with E-state index in [-0.39, 0.29) is 10.6 Å². The summed E-state index contributed by atoms with van der Waals surface area (Å²) in [5.74, 6) is -0.582. The molecule has 1 aliphatic carbocycles. The van der Waals surface area contributed by atoms with Crippen molar-refractivity contribution in [2.45, 2.75) is 37.4 Å². The first-order valence-electron chi connectivity index (χ1n) is 5.88. The zero-order valence-corrected chi connectivity index (χ0v) is 12.4. The Kier molecular flexibility index (Phi) is 4.32. The fourth-order valence-electron chi connectivity index (χ4n) is 2.60. The molecule has 1 aliphatic rings. The highest BCUT2D eigenvalue weighted by Crippen LogP contribution is 2.44. The monoisotopic (exact) mass is 336 g/mol. The van der Waals surface area contributed by atoms with Gasteiger partial charge < -0.3 is 9.84 Å². The summed E-state index contributed by atoms with van der Waals surface area (Å²) in [6.07, 6.45) is 2.44. The molecule has 1 aromatic rings. The summed E-state index contributed by atoms with van der Waals surface area (Å²) in [5.41, 5.74) is -0.482. The van der Waals surface area contributed by atoms with Crippen molar-refractivity contribution in [3.63, 3.8) is 0 Å². The van der Waals surface area contributed by atoms with Crippen LogP contribution in [0.5, 0.6) is 0 Å². The Morgan fingerprint density at radius 1 is 1.44 bits per heavy atom. The zero-order valence-electron chi connectivity index (χ0n) is 10.0. The average Bonchev–Trinajstić information content (AvgIpc) is 2.85. The van der Waals surface area contributed by atoms with E-state index in [2.05, 4.69) is 15.9 Å². The van der Waals surface area contributed by atoms with Crippen molar-refractivity contribution < 1.29 is 14.2 Å². The molecule has 1 fully saturated rings. The normalized spacial score (nSPS) is 20.1. The summed E-state index contributed by atoms with van der Waals surface area (Å²) in [6.45, 7) is 0. The molecule has 1 saturated carbocycles. The van der Waals surface area contributed by atoms with E-state index < -0.39 is 17.5 Å². The number of rotatable bonds is 3. The fourth-order valence-corrected chi connectivity index (χ4v) is 3.08. The van der Waals surface area contributed by atoms with Gasteiger partial charge in [-0.3, -0.25) is 0 Å². The highest BCUT2D eigenvalue weighted by molar-refractivity contribution is 9.10. The van der Waals surface area contributed by atoms with Crippen molar-refractivity contribution in [3.05, 3.63) is 33.0 Å². The quantitative estimate of drug-likeness (QED) is 0.836. The number of ether oxygens (including phenoxy) is 1. The highest BCUT2D eigenvalue weighted by Gasteiger charge is 2.42. The molecule has 0 saturated heterocycles. The van der Waals surface area contributed by atoms with Crippen molar-refractivity contribution in [2.24, 2.45) is 0 Å². The average molecular weight is 338 g/mol. The van der Waals surface area contributed by atoms with Crippen LogP contribution in [-0.4, -0.2) is 17.8 Å². The minimum absolute atomic E-state index is 0.00389. The van der Waals surface area contributed by atoms with Gasteiger partial charge in [0, 0.05) is 17.1 Å². The van der Waals surface area contributed by atoms with E-state index in [1.807, 2.05) is 0 Å². The number of methoxy groups -OCH3 is 1. The topological polar surface area (TPSA) is 29.5 Å². The molecule has 0 radical (unpaired) electrons. The molecule has 0 amide bonds. The summed E-state index contributed by atoms with van der Waals surface area (Å²) in [7, 11) is 1.56. The zero-order chi connectivity index (χ0) is 13.3. The Labute approximate surface area is 119 Å². The first-order chi connectivity index (χ1) is 8.52. The second-order valence-electron chi connectivity index (χ2n) is 4.64. The van der Waals surface area contributed by atoms with Gasteiger partial charge in [0.05, 0.1) is 10.6 Å². The van der Waals surface area contributed by atoms with E-state index in [0.29, 0.717) is 4.47 Å². The van der Waals surface area contributed by atoms with E-state index in [4.69, 9.17) is 16.3 Å². The molecule has 0 bridgehead atoms. The van der Waals surface area contributed by atoms with E-state index in [0.717, 1.165) is 25.7 Å². The third kappa shape index (κ3) is 2.31. The summed E-state index contributed by atoms with van der Waals surface area (Å²) in [4.78, 5) is 0. The van der Waals surface area contributed by atoms with Crippen LogP contribution >= 0.6 is 27.5 Å². The molecule has 0 heterocycles. The lowest BCUT2D eigenvalue weighted by Crippen LogP contribution is -2.36. The van der Waals surface area contributed by atoms with Gasteiger partial charge >= 0.3 is 0 Å². The minimum Gasteiger partial charge on any atom is -0.385 e. The Balaban J connectivity index is 2.39. The smallest absolute Gasteiger partial charge is 0.148 e. The van der Waals surface area contributed by atoms with Crippen LogP contribution in [0.25, 0.3) is 0 Å². The molecule has 100 valence electrons. The van der Waals surface area contributed by atoms with Gasteiger partial charge in [0.2, 0.25) is 0 Å². The molecule has 1 atom stereocenters. The van der Waals surface area contributed by atoms with E-state index in [1.165, 1.54) is 0 Å². The molecular weight excluding hydrogens is 322 g/mol. The van der Waals surface area contributed by atoms with Crippen LogP contribution in [0.1, 0.15) is 37.4 Å². The third-order valence-corrected chi connectivity index (χ3v) is 4.97. The van der Waals surface area contributed by atoms with Crippen LogP contribution < -0.4 is 0 Å². The van der Waals surface area contributed by atoms with Gasteiger partial charge in [-0.15, -0.1) is 0 Å². The summed E-state index contributed by atoms with van der Waals surface area (Å²) in [5, 5.41) is 10.4.